The number of aromatic nitrogens is 3. The third-order valence-corrected chi connectivity index (χ3v) is 4.65. The number of aromatic amines is 1. The van der Waals surface area contributed by atoms with Crippen molar-refractivity contribution in [2.75, 3.05) is 13.1 Å². The molecule has 2 aromatic rings. The highest BCUT2D eigenvalue weighted by Crippen LogP contribution is 2.32. The normalized spacial score (nSPS) is 19.5. The first kappa shape index (κ1) is 17.6. The van der Waals surface area contributed by atoms with Gasteiger partial charge in [-0.1, -0.05) is 6.07 Å². The van der Waals surface area contributed by atoms with Crippen molar-refractivity contribution >= 4 is 11.9 Å². The minimum atomic E-state index is -0.990. The zero-order chi connectivity index (χ0) is 18.8. The van der Waals surface area contributed by atoms with Crippen LogP contribution < -0.4 is 11.2 Å². The quantitative estimate of drug-likeness (QED) is 0.747. The molecule has 2 aromatic heterocycles. The Kier molecular flexibility index (Phi) is 4.70. The Hall–Kier alpha value is -3.23. The summed E-state index contributed by atoms with van der Waals surface area (Å²) < 4.78 is 0.892. The molecular weight excluding hydrogens is 340 g/mol. The number of H-pyrrole nitrogens is 1. The molecule has 1 fully saturated rings. The molecule has 9 nitrogen and oxygen atoms in total. The number of hydrogen-bond donors (Lipinski definition) is 2. The van der Waals surface area contributed by atoms with Crippen LogP contribution in [0.25, 0.3) is 0 Å². The molecule has 0 saturated carbocycles. The number of aliphatic carboxylic acids is 1. The molecule has 0 unspecified atom stereocenters. The average Bonchev–Trinajstić information content (AvgIpc) is 3.09. The first-order valence-electron chi connectivity index (χ1n) is 8.07. The van der Waals surface area contributed by atoms with Crippen LogP contribution in [0.15, 0.2) is 40.2 Å². The molecule has 26 heavy (non-hydrogen) atoms. The SMILES string of the molecule is Cn1c(=O)[nH]cc(CC(=O)N2C[C@@H](C(=O)O)[C@H](c3ccccn3)C2)c1=O. The first-order valence-corrected chi connectivity index (χ1v) is 8.07. The molecule has 2 atom stereocenters. The topological polar surface area (TPSA) is 125 Å². The Bertz CT molecular complexity index is 950. The van der Waals surface area contributed by atoms with Crippen LogP contribution in [0.5, 0.6) is 0 Å². The lowest BCUT2D eigenvalue weighted by Crippen LogP contribution is -2.37. The van der Waals surface area contributed by atoms with Crippen LogP contribution in [0.1, 0.15) is 17.2 Å². The van der Waals surface area contributed by atoms with Crippen LogP contribution in [0.4, 0.5) is 0 Å². The molecule has 0 radical (unpaired) electrons. The van der Waals surface area contributed by atoms with Crippen LogP contribution in [-0.2, 0) is 23.1 Å². The molecule has 1 aliphatic rings. The third-order valence-electron chi connectivity index (χ3n) is 4.65. The third kappa shape index (κ3) is 3.28. The Morgan fingerprint density at radius 1 is 1.31 bits per heavy atom. The van der Waals surface area contributed by atoms with Gasteiger partial charge in [-0.05, 0) is 12.1 Å². The minimum absolute atomic E-state index is 0.0546. The van der Waals surface area contributed by atoms with Gasteiger partial charge in [0.15, 0.2) is 0 Å². The fourth-order valence-electron chi connectivity index (χ4n) is 3.17. The van der Waals surface area contributed by atoms with E-state index >= 15 is 0 Å². The van der Waals surface area contributed by atoms with E-state index in [2.05, 4.69) is 9.97 Å². The molecule has 1 aliphatic heterocycles. The summed E-state index contributed by atoms with van der Waals surface area (Å²) in [6.07, 6.45) is 2.61. The smallest absolute Gasteiger partial charge is 0.328 e. The second-order valence-electron chi connectivity index (χ2n) is 6.26. The molecule has 136 valence electrons. The maximum Gasteiger partial charge on any atom is 0.328 e. The molecule has 1 amide bonds. The molecule has 0 aliphatic carbocycles. The van der Waals surface area contributed by atoms with Crippen molar-refractivity contribution in [1.82, 2.24) is 19.4 Å². The van der Waals surface area contributed by atoms with E-state index in [9.17, 15) is 24.3 Å². The molecule has 1 saturated heterocycles. The summed E-state index contributed by atoms with van der Waals surface area (Å²) in [4.78, 5) is 55.7. The van der Waals surface area contributed by atoms with Gasteiger partial charge in [-0.25, -0.2) is 4.79 Å². The molecule has 3 rings (SSSR count). The van der Waals surface area contributed by atoms with Crippen molar-refractivity contribution in [1.29, 1.82) is 0 Å². The average molecular weight is 358 g/mol. The van der Waals surface area contributed by atoms with Gasteiger partial charge in [0.05, 0.1) is 12.3 Å². The number of carboxylic acid groups (broad SMARTS) is 1. The second-order valence-corrected chi connectivity index (χ2v) is 6.26. The largest absolute Gasteiger partial charge is 0.481 e. The number of pyridine rings is 1. The van der Waals surface area contributed by atoms with Crippen LogP contribution in [0, 0.1) is 5.92 Å². The van der Waals surface area contributed by atoms with Gasteiger partial charge in [-0.15, -0.1) is 0 Å². The lowest BCUT2D eigenvalue weighted by molar-refractivity contribution is -0.141. The van der Waals surface area contributed by atoms with Crippen LogP contribution in [-0.4, -0.2) is 49.5 Å². The van der Waals surface area contributed by atoms with Crippen molar-refractivity contribution in [2.24, 2.45) is 13.0 Å². The zero-order valence-electron chi connectivity index (χ0n) is 14.1. The van der Waals surface area contributed by atoms with Gasteiger partial charge < -0.3 is 15.0 Å². The summed E-state index contributed by atoms with van der Waals surface area (Å²) in [5, 5.41) is 9.49. The lowest BCUT2D eigenvalue weighted by Gasteiger charge is -2.16. The van der Waals surface area contributed by atoms with E-state index in [1.165, 1.54) is 18.1 Å². The zero-order valence-corrected chi connectivity index (χ0v) is 14.1. The van der Waals surface area contributed by atoms with E-state index in [1.54, 1.807) is 24.4 Å². The number of hydrogen-bond acceptors (Lipinski definition) is 5. The summed E-state index contributed by atoms with van der Waals surface area (Å²) in [5.74, 6) is -2.52. The Balaban J connectivity index is 1.81. The number of carbonyl (C=O) groups is 2. The summed E-state index contributed by atoms with van der Waals surface area (Å²) in [6, 6.07) is 5.26. The fourth-order valence-corrected chi connectivity index (χ4v) is 3.17. The standard InChI is InChI=1S/C17H18N4O5/c1-20-15(23)10(7-19-17(20)26)6-14(22)21-8-11(12(9-21)16(24)25)13-4-2-3-5-18-13/h2-5,7,11-12H,6,8-9H2,1H3,(H,19,26)(H,24,25)/t11-,12-/m1/s1. The van der Waals surface area contributed by atoms with Crippen molar-refractivity contribution in [3.63, 3.8) is 0 Å². The molecule has 0 bridgehead atoms. The van der Waals surface area contributed by atoms with Crippen LogP contribution >= 0.6 is 0 Å². The maximum atomic E-state index is 12.6. The van der Waals surface area contributed by atoms with Crippen molar-refractivity contribution in [3.8, 4) is 0 Å². The Morgan fingerprint density at radius 3 is 2.73 bits per heavy atom. The summed E-state index contributed by atoms with van der Waals surface area (Å²) >= 11 is 0. The monoisotopic (exact) mass is 358 g/mol. The van der Waals surface area contributed by atoms with Crippen LogP contribution in [0.2, 0.25) is 0 Å². The second kappa shape index (κ2) is 6.95. The van der Waals surface area contributed by atoms with Crippen molar-refractivity contribution in [2.45, 2.75) is 12.3 Å². The lowest BCUT2D eigenvalue weighted by atomic mass is 9.93. The summed E-state index contributed by atoms with van der Waals surface area (Å²) in [5.41, 5.74) is -0.327. The first-order chi connectivity index (χ1) is 12.4. The Morgan fingerprint density at radius 2 is 2.08 bits per heavy atom. The van der Waals surface area contributed by atoms with Gasteiger partial charge in [0.25, 0.3) is 5.56 Å². The van der Waals surface area contributed by atoms with Gasteiger partial charge in [-0.3, -0.25) is 23.9 Å². The predicted octanol–water partition coefficient (Wildman–Crippen LogP) is -0.662. The van der Waals surface area contributed by atoms with E-state index in [1.807, 2.05) is 0 Å². The maximum absolute atomic E-state index is 12.6. The molecule has 0 spiro atoms. The van der Waals surface area contributed by atoms with Gasteiger partial charge >= 0.3 is 11.7 Å². The summed E-state index contributed by atoms with van der Waals surface area (Å²) in [7, 11) is 1.32. The van der Waals surface area contributed by atoms with Crippen LogP contribution in [0.3, 0.4) is 0 Å². The van der Waals surface area contributed by atoms with Gasteiger partial charge in [0.2, 0.25) is 5.91 Å². The highest BCUT2D eigenvalue weighted by atomic mass is 16.4. The highest BCUT2D eigenvalue weighted by Gasteiger charge is 2.41. The number of rotatable bonds is 4. The number of amides is 1. The van der Waals surface area contributed by atoms with Crippen molar-refractivity contribution < 1.29 is 14.7 Å². The van der Waals surface area contributed by atoms with E-state index in [-0.39, 0.29) is 31.0 Å². The summed E-state index contributed by atoms with van der Waals surface area (Å²) in [6.45, 7) is 0.273. The number of nitrogens with one attached hydrogen (secondary N) is 1. The Labute approximate surface area is 147 Å². The molecule has 2 N–H and O–H groups in total. The van der Waals surface area contributed by atoms with Gasteiger partial charge in [-0.2, -0.15) is 0 Å². The number of nitrogens with zero attached hydrogens (tertiary/aromatic N) is 3. The van der Waals surface area contributed by atoms with Gasteiger partial charge in [0, 0.05) is 49.7 Å². The predicted molar refractivity (Wildman–Crippen MR) is 90.7 cm³/mol. The van der Waals surface area contributed by atoms with Crippen molar-refractivity contribution in [3.05, 3.63) is 62.7 Å². The number of carbonyl (C=O) groups excluding carboxylic acids is 1. The highest BCUT2D eigenvalue weighted by molar-refractivity contribution is 5.81. The molecular formula is C17H18N4O5. The van der Waals surface area contributed by atoms with E-state index in [0.717, 1.165) is 4.57 Å². The molecule has 0 aromatic carbocycles. The number of carboxylic acids is 1. The fraction of sp³-hybridized carbons (Fsp3) is 0.353. The molecule has 3 heterocycles. The van der Waals surface area contributed by atoms with E-state index < -0.39 is 29.1 Å². The number of likely N-dealkylation sites (tertiary alicyclic amines) is 1. The molecule has 9 heteroatoms. The minimum Gasteiger partial charge on any atom is -0.481 e. The van der Waals surface area contributed by atoms with Gasteiger partial charge in [0.1, 0.15) is 0 Å². The van der Waals surface area contributed by atoms with E-state index in [4.69, 9.17) is 0 Å². The van der Waals surface area contributed by atoms with E-state index in [0.29, 0.717) is 5.69 Å².